The minimum Gasteiger partial charge on any atom is -0.398 e. The number of hydrogen-bond acceptors (Lipinski definition) is 2. The molecule has 1 amide bonds. The van der Waals surface area contributed by atoms with Crippen LogP contribution in [0.2, 0.25) is 0 Å². The molecule has 2 fully saturated rings. The molecule has 1 aromatic rings. The SMILES string of the molecule is Nc1ccccc1CC(=O)NC1CC2CCCC1C2. The van der Waals surface area contributed by atoms with Crippen LogP contribution in [0.15, 0.2) is 24.3 Å². The minimum atomic E-state index is 0.121. The quantitative estimate of drug-likeness (QED) is 0.818. The van der Waals surface area contributed by atoms with E-state index in [4.69, 9.17) is 5.73 Å². The topological polar surface area (TPSA) is 55.1 Å². The van der Waals surface area contributed by atoms with Gasteiger partial charge in [0.25, 0.3) is 0 Å². The van der Waals surface area contributed by atoms with Crippen molar-refractivity contribution in [2.75, 3.05) is 5.73 Å². The number of hydrogen-bond donors (Lipinski definition) is 2. The third-order valence-electron chi connectivity index (χ3n) is 4.73. The third kappa shape index (κ3) is 2.75. The van der Waals surface area contributed by atoms with Crippen LogP contribution in [0, 0.1) is 11.8 Å². The minimum absolute atomic E-state index is 0.121. The lowest BCUT2D eigenvalue weighted by Gasteiger charge is -2.21. The molecule has 0 saturated heterocycles. The van der Waals surface area contributed by atoms with E-state index in [0.717, 1.165) is 17.4 Å². The molecule has 3 atom stereocenters. The molecule has 3 heteroatoms. The zero-order valence-corrected chi connectivity index (χ0v) is 11.3. The number of rotatable bonds is 3. The summed E-state index contributed by atoms with van der Waals surface area (Å²) < 4.78 is 0. The molecule has 1 aromatic carbocycles. The summed E-state index contributed by atoms with van der Waals surface area (Å²) in [6, 6.07) is 8.02. The lowest BCUT2D eigenvalue weighted by Crippen LogP contribution is -2.38. The van der Waals surface area contributed by atoms with Gasteiger partial charge in [0.15, 0.2) is 0 Å². The van der Waals surface area contributed by atoms with Crippen molar-refractivity contribution in [2.45, 2.75) is 44.6 Å². The van der Waals surface area contributed by atoms with Crippen LogP contribution in [-0.4, -0.2) is 11.9 Å². The van der Waals surface area contributed by atoms with Crippen LogP contribution >= 0.6 is 0 Å². The molecule has 2 aliphatic carbocycles. The zero-order chi connectivity index (χ0) is 13.2. The van der Waals surface area contributed by atoms with E-state index in [2.05, 4.69) is 5.32 Å². The molecule has 0 aliphatic heterocycles. The van der Waals surface area contributed by atoms with Crippen molar-refractivity contribution in [3.63, 3.8) is 0 Å². The van der Waals surface area contributed by atoms with E-state index >= 15 is 0 Å². The standard InChI is InChI=1S/C16H22N2O/c17-14-7-2-1-5-12(14)10-16(19)18-15-9-11-4-3-6-13(15)8-11/h1-2,5,7,11,13,15H,3-4,6,8-10,17H2,(H,18,19). The summed E-state index contributed by atoms with van der Waals surface area (Å²) in [5.41, 5.74) is 7.52. The Morgan fingerprint density at radius 1 is 1.26 bits per heavy atom. The Bertz CT molecular complexity index is 472. The zero-order valence-electron chi connectivity index (χ0n) is 11.3. The summed E-state index contributed by atoms with van der Waals surface area (Å²) in [7, 11) is 0. The summed E-state index contributed by atoms with van der Waals surface area (Å²) >= 11 is 0. The maximum atomic E-state index is 12.1. The Balaban J connectivity index is 1.59. The Labute approximate surface area is 114 Å². The molecule has 0 radical (unpaired) electrons. The Kier molecular flexibility index (Phi) is 3.45. The monoisotopic (exact) mass is 258 g/mol. The van der Waals surface area contributed by atoms with E-state index in [1.165, 1.54) is 32.1 Å². The Hall–Kier alpha value is -1.51. The molecular weight excluding hydrogens is 236 g/mol. The average Bonchev–Trinajstić information content (AvgIpc) is 2.67. The van der Waals surface area contributed by atoms with Gasteiger partial charge in [0.2, 0.25) is 5.91 Å². The molecule has 3 unspecified atom stereocenters. The summed E-state index contributed by atoms with van der Waals surface area (Å²) in [6.45, 7) is 0. The van der Waals surface area contributed by atoms with Gasteiger partial charge < -0.3 is 11.1 Å². The highest BCUT2D eigenvalue weighted by molar-refractivity contribution is 5.80. The predicted octanol–water partition coefficient (Wildman–Crippen LogP) is 2.51. The van der Waals surface area contributed by atoms with E-state index < -0.39 is 0 Å². The van der Waals surface area contributed by atoms with E-state index in [-0.39, 0.29) is 5.91 Å². The second-order valence-electron chi connectivity index (χ2n) is 6.08. The molecule has 0 spiro atoms. The van der Waals surface area contributed by atoms with Crippen LogP contribution < -0.4 is 11.1 Å². The van der Waals surface area contributed by atoms with E-state index in [9.17, 15) is 4.79 Å². The molecule has 102 valence electrons. The fraction of sp³-hybridized carbons (Fsp3) is 0.562. The van der Waals surface area contributed by atoms with Gasteiger partial charge in [-0.25, -0.2) is 0 Å². The van der Waals surface area contributed by atoms with Gasteiger partial charge in [-0.05, 0) is 42.7 Å². The number of fused-ring (bicyclic) bond motifs is 2. The van der Waals surface area contributed by atoms with Crippen molar-refractivity contribution >= 4 is 11.6 Å². The largest absolute Gasteiger partial charge is 0.398 e. The van der Waals surface area contributed by atoms with Gasteiger partial charge in [0, 0.05) is 11.7 Å². The highest BCUT2D eigenvalue weighted by Crippen LogP contribution is 2.42. The highest BCUT2D eigenvalue weighted by atomic mass is 16.1. The highest BCUT2D eigenvalue weighted by Gasteiger charge is 2.37. The second kappa shape index (κ2) is 5.24. The van der Waals surface area contributed by atoms with Crippen LogP contribution in [0.5, 0.6) is 0 Å². The van der Waals surface area contributed by atoms with Crippen LogP contribution in [0.3, 0.4) is 0 Å². The van der Waals surface area contributed by atoms with E-state index in [1.54, 1.807) is 0 Å². The van der Waals surface area contributed by atoms with Gasteiger partial charge in [-0.2, -0.15) is 0 Å². The first-order valence-electron chi connectivity index (χ1n) is 7.35. The van der Waals surface area contributed by atoms with Crippen molar-refractivity contribution < 1.29 is 4.79 Å². The lowest BCUT2D eigenvalue weighted by atomic mass is 9.89. The first-order chi connectivity index (χ1) is 9.22. The number of carbonyl (C=O) groups is 1. The summed E-state index contributed by atoms with van der Waals surface area (Å²) in [4.78, 5) is 12.1. The van der Waals surface area contributed by atoms with Gasteiger partial charge in [0.1, 0.15) is 0 Å². The molecule has 19 heavy (non-hydrogen) atoms. The molecule has 3 rings (SSSR count). The molecule has 3 N–H and O–H groups in total. The molecule has 0 aromatic heterocycles. The van der Waals surface area contributed by atoms with Gasteiger partial charge >= 0.3 is 0 Å². The first kappa shape index (κ1) is 12.5. The van der Waals surface area contributed by atoms with Crippen molar-refractivity contribution in [1.29, 1.82) is 0 Å². The molecule has 2 bridgehead atoms. The molecule has 2 aliphatic rings. The van der Waals surface area contributed by atoms with Gasteiger partial charge in [0.05, 0.1) is 6.42 Å². The van der Waals surface area contributed by atoms with Crippen LogP contribution in [0.1, 0.15) is 37.7 Å². The number of anilines is 1. The van der Waals surface area contributed by atoms with Gasteiger partial charge in [-0.3, -0.25) is 4.79 Å². The summed E-state index contributed by atoms with van der Waals surface area (Å²) in [5, 5.41) is 3.23. The van der Waals surface area contributed by atoms with Crippen LogP contribution in [0.25, 0.3) is 0 Å². The van der Waals surface area contributed by atoms with E-state index in [0.29, 0.717) is 18.2 Å². The second-order valence-corrected chi connectivity index (χ2v) is 6.08. The maximum absolute atomic E-state index is 12.1. The van der Waals surface area contributed by atoms with Crippen molar-refractivity contribution in [3.05, 3.63) is 29.8 Å². The van der Waals surface area contributed by atoms with Crippen molar-refractivity contribution in [2.24, 2.45) is 11.8 Å². The number of para-hydroxylation sites is 1. The van der Waals surface area contributed by atoms with Crippen molar-refractivity contribution in [1.82, 2.24) is 5.32 Å². The molecule has 3 nitrogen and oxygen atoms in total. The Morgan fingerprint density at radius 2 is 2.11 bits per heavy atom. The number of nitrogens with one attached hydrogen (secondary N) is 1. The number of nitrogen functional groups attached to an aromatic ring is 1. The normalized spacial score (nSPS) is 29.2. The summed E-state index contributed by atoms with van der Waals surface area (Å²) in [6.07, 6.45) is 6.89. The number of nitrogens with two attached hydrogens (primary N) is 1. The van der Waals surface area contributed by atoms with Crippen molar-refractivity contribution in [3.8, 4) is 0 Å². The number of carbonyl (C=O) groups excluding carboxylic acids is 1. The van der Waals surface area contributed by atoms with Gasteiger partial charge in [-0.1, -0.05) is 31.0 Å². The Morgan fingerprint density at radius 3 is 2.89 bits per heavy atom. The summed E-state index contributed by atoms with van der Waals surface area (Å²) in [5.74, 6) is 1.69. The van der Waals surface area contributed by atoms with E-state index in [1.807, 2.05) is 24.3 Å². The maximum Gasteiger partial charge on any atom is 0.224 e. The smallest absolute Gasteiger partial charge is 0.224 e. The fourth-order valence-electron chi connectivity index (χ4n) is 3.77. The lowest BCUT2D eigenvalue weighted by molar-refractivity contribution is -0.121. The van der Waals surface area contributed by atoms with Gasteiger partial charge in [-0.15, -0.1) is 0 Å². The predicted molar refractivity (Wildman–Crippen MR) is 76.6 cm³/mol. The molecule has 2 saturated carbocycles. The molecule has 0 heterocycles. The number of benzene rings is 1. The van der Waals surface area contributed by atoms with Crippen LogP contribution in [-0.2, 0) is 11.2 Å². The third-order valence-corrected chi connectivity index (χ3v) is 4.73. The average molecular weight is 258 g/mol. The van der Waals surface area contributed by atoms with Crippen LogP contribution in [0.4, 0.5) is 5.69 Å². The number of amides is 1. The first-order valence-corrected chi connectivity index (χ1v) is 7.35. The molecular formula is C16H22N2O. The fourth-order valence-corrected chi connectivity index (χ4v) is 3.77.